The Morgan fingerprint density at radius 3 is 2.81 bits per heavy atom. The second-order valence-corrected chi connectivity index (χ2v) is 9.56. The summed E-state index contributed by atoms with van der Waals surface area (Å²) in [5.41, 5.74) is 11.7. The van der Waals surface area contributed by atoms with Gasteiger partial charge in [0.2, 0.25) is 0 Å². The Bertz CT molecular complexity index is 862. The third-order valence-corrected chi connectivity index (χ3v) is 7.23. The van der Waals surface area contributed by atoms with Gasteiger partial charge < -0.3 is 0 Å². The van der Waals surface area contributed by atoms with Gasteiger partial charge in [0.05, 0.1) is 0 Å². The Labute approximate surface area is 157 Å². The van der Waals surface area contributed by atoms with E-state index in [2.05, 4.69) is 15.0 Å². The molecule has 27 heavy (non-hydrogen) atoms. The zero-order valence-corrected chi connectivity index (χ0v) is 15.8. The maximum absolute atomic E-state index is 12.2. The van der Waals surface area contributed by atoms with E-state index in [1.54, 1.807) is 0 Å². The summed E-state index contributed by atoms with van der Waals surface area (Å²) in [6.45, 7) is 0. The predicted octanol–water partition coefficient (Wildman–Crippen LogP) is -3.08. The van der Waals surface area contributed by atoms with Gasteiger partial charge in [-0.25, -0.2) is 0 Å². The molecule has 0 spiro atoms. The van der Waals surface area contributed by atoms with E-state index >= 15 is 0 Å². The molecule has 0 aliphatic carbocycles. The van der Waals surface area contributed by atoms with E-state index in [0.29, 0.717) is 11.2 Å². The number of nitrogens with two attached hydrogens (primary N) is 2. The van der Waals surface area contributed by atoms with E-state index in [1.165, 1.54) is 17.2 Å². The van der Waals surface area contributed by atoms with Crippen molar-refractivity contribution in [2.75, 3.05) is 5.73 Å². The number of aliphatic hydroxyl groups excluding tert-OH is 2. The van der Waals surface area contributed by atoms with Crippen molar-refractivity contribution in [3.63, 3.8) is 0 Å². The number of nitrogens with zero attached hydrogens (tertiary/aromatic N) is 4. The molecule has 6 atom stereocenters. The second-order valence-electron chi connectivity index (χ2n) is 6.15. The van der Waals surface area contributed by atoms with Gasteiger partial charge in [-0.15, -0.1) is 0 Å². The van der Waals surface area contributed by atoms with Crippen molar-refractivity contribution < 1.29 is 28.7 Å². The Morgan fingerprint density at radius 2 is 2.11 bits per heavy atom. The summed E-state index contributed by atoms with van der Waals surface area (Å²) >= 11 is -2.53. The van der Waals surface area contributed by atoms with Crippen molar-refractivity contribution in [3.8, 4) is 0 Å². The summed E-state index contributed by atoms with van der Waals surface area (Å²) in [6.07, 6.45) is -1.84. The van der Waals surface area contributed by atoms with E-state index in [9.17, 15) is 23.9 Å². The Morgan fingerprint density at radius 1 is 1.37 bits per heavy atom. The summed E-state index contributed by atoms with van der Waals surface area (Å²) in [7, 11) is 0. The van der Waals surface area contributed by atoms with Gasteiger partial charge in [0.15, 0.2) is 0 Å². The van der Waals surface area contributed by atoms with Crippen LogP contribution in [0.15, 0.2) is 12.7 Å². The molecule has 13 heteroatoms. The summed E-state index contributed by atoms with van der Waals surface area (Å²) in [6, 6.07) is -1.19. The molecular formula is C14H19N6O6Se-. The van der Waals surface area contributed by atoms with Gasteiger partial charge in [0, 0.05) is 0 Å². The molecule has 1 saturated heterocycles. The minimum atomic E-state index is -2.53. The Kier molecular flexibility index (Phi) is 5.79. The number of imidazole rings is 1. The molecule has 1 aliphatic rings. The van der Waals surface area contributed by atoms with E-state index in [4.69, 9.17) is 16.2 Å². The van der Waals surface area contributed by atoms with Crippen molar-refractivity contribution in [2.24, 2.45) is 5.73 Å². The van der Waals surface area contributed by atoms with Crippen molar-refractivity contribution in [1.82, 2.24) is 19.5 Å². The standard InChI is InChI=1S/C14H20N6O6Se/c15-6(14(23)24)1-2-27(25)3-7-9(21)10(22)13(26-7)20-5-19-8-11(16)17-4-18-12(8)20/h4-7,9-10,13,21-22H,1-3,15H2,(H,23,24)(H2,16,17,18)/p-1/t6-,7+,9+,10+,13+,27?/m0/s1. The number of anilines is 1. The Hall–Kier alpha value is -2.02. The molecular weight excluding hydrogens is 427 g/mol. The number of carboxylic acid groups (broad SMARTS) is 1. The fraction of sp³-hybridized carbons (Fsp3) is 0.571. The van der Waals surface area contributed by atoms with E-state index < -0.39 is 50.4 Å². The molecule has 0 amide bonds. The van der Waals surface area contributed by atoms with Gasteiger partial charge in [-0.05, 0) is 0 Å². The van der Waals surface area contributed by atoms with E-state index in [0.717, 1.165) is 0 Å². The predicted molar refractivity (Wildman–Crippen MR) is 89.3 cm³/mol. The number of aliphatic carboxylic acids is 1. The van der Waals surface area contributed by atoms with Crippen LogP contribution in [0.4, 0.5) is 5.82 Å². The minimum absolute atomic E-state index is 0.00174. The normalized spacial score (nSPS) is 27.7. The molecule has 2 aromatic rings. The van der Waals surface area contributed by atoms with Crippen LogP contribution in [0.3, 0.4) is 0 Å². The topological polar surface area (TPSA) is 203 Å². The molecule has 1 fully saturated rings. The van der Waals surface area contributed by atoms with Crippen LogP contribution in [0.2, 0.25) is 10.6 Å². The number of fused-ring (bicyclic) bond motifs is 1. The average Bonchev–Trinajstić information content (AvgIpc) is 3.17. The van der Waals surface area contributed by atoms with Gasteiger partial charge in [0.1, 0.15) is 0 Å². The summed E-state index contributed by atoms with van der Waals surface area (Å²) < 4.78 is 19.4. The van der Waals surface area contributed by atoms with Crippen LogP contribution in [-0.4, -0.2) is 73.9 Å². The molecule has 0 bridgehead atoms. The zero-order chi connectivity index (χ0) is 19.7. The van der Waals surface area contributed by atoms with E-state index in [1.807, 2.05) is 0 Å². The number of carboxylic acids is 1. The van der Waals surface area contributed by atoms with Crippen LogP contribution in [0.1, 0.15) is 12.6 Å². The van der Waals surface area contributed by atoms with Crippen LogP contribution >= 0.6 is 0 Å². The van der Waals surface area contributed by atoms with Crippen molar-refractivity contribution in [2.45, 2.75) is 47.6 Å². The molecule has 148 valence electrons. The molecule has 12 nitrogen and oxygen atoms in total. The van der Waals surface area contributed by atoms with Crippen molar-refractivity contribution in [1.29, 1.82) is 0 Å². The van der Waals surface area contributed by atoms with E-state index in [-0.39, 0.29) is 22.9 Å². The molecule has 0 saturated carbocycles. The van der Waals surface area contributed by atoms with Crippen LogP contribution in [0.25, 0.3) is 11.2 Å². The van der Waals surface area contributed by atoms with Crippen molar-refractivity contribution in [3.05, 3.63) is 12.7 Å². The number of ether oxygens (including phenoxy) is 1. The van der Waals surface area contributed by atoms with Crippen molar-refractivity contribution >= 4 is 36.8 Å². The molecule has 6 N–H and O–H groups in total. The first-order valence-electron chi connectivity index (χ1n) is 8.05. The summed E-state index contributed by atoms with van der Waals surface area (Å²) in [5.74, 6) is -1.24. The SMILES string of the molecule is Nc1ncnc2c1ncn2[C@@H]1O[C@H](C[Se](=O)CC[C@H](N)C(=O)[O-])[C@@H](O)[C@H]1O. The number of carbonyl (C=O) groups is 1. The number of carbonyl (C=O) groups excluding carboxylic acids is 1. The third kappa shape index (κ3) is 3.98. The fourth-order valence-corrected chi connectivity index (χ4v) is 5.58. The quantitative estimate of drug-likeness (QED) is 0.314. The van der Waals surface area contributed by atoms with Gasteiger partial charge in [0.25, 0.3) is 0 Å². The zero-order valence-electron chi connectivity index (χ0n) is 14.0. The van der Waals surface area contributed by atoms with Crippen LogP contribution in [0.5, 0.6) is 0 Å². The number of aliphatic hydroxyl groups is 2. The van der Waals surface area contributed by atoms with Gasteiger partial charge in [-0.1, -0.05) is 0 Å². The van der Waals surface area contributed by atoms with Crippen LogP contribution < -0.4 is 16.6 Å². The molecule has 1 unspecified atom stereocenters. The maximum atomic E-state index is 12.2. The molecule has 3 heterocycles. The molecule has 0 aromatic carbocycles. The van der Waals surface area contributed by atoms with Gasteiger partial charge in [-0.3, -0.25) is 0 Å². The average molecular weight is 446 g/mol. The molecule has 0 radical (unpaired) electrons. The van der Waals surface area contributed by atoms with Crippen LogP contribution in [-0.2, 0) is 13.4 Å². The second kappa shape index (κ2) is 7.92. The summed E-state index contributed by atoms with van der Waals surface area (Å²) in [4.78, 5) is 22.6. The third-order valence-electron chi connectivity index (χ3n) is 4.31. The Balaban J connectivity index is 1.69. The number of rotatable bonds is 7. The number of nitrogen functional groups attached to an aromatic ring is 1. The van der Waals surface area contributed by atoms with Gasteiger partial charge in [-0.2, -0.15) is 0 Å². The number of aromatic nitrogens is 4. The number of hydrogen-bond acceptors (Lipinski definition) is 11. The first-order chi connectivity index (χ1) is 12.8. The number of hydrogen-bond donors (Lipinski definition) is 4. The molecule has 3 rings (SSSR count). The van der Waals surface area contributed by atoms with Gasteiger partial charge >= 0.3 is 157 Å². The van der Waals surface area contributed by atoms with Crippen LogP contribution in [0, 0.1) is 0 Å². The molecule has 2 aromatic heterocycles. The summed E-state index contributed by atoms with van der Waals surface area (Å²) in [5, 5.41) is 31.3. The molecule has 1 aliphatic heterocycles. The monoisotopic (exact) mass is 447 g/mol. The first-order valence-corrected chi connectivity index (χ1v) is 11.2. The first kappa shape index (κ1) is 19.7. The fourth-order valence-electron chi connectivity index (χ4n) is 2.80.